The van der Waals surface area contributed by atoms with Gasteiger partial charge in [0.05, 0.1) is 0 Å². The standard InChI is InChI=1S/C22H24B5ClF3NO5S/c23-20-15-6-19(35,8-33)7-16(20)22(26,21(15,24)25)37-27-38(20,36)14-3-9(1-2-11(14)28)18(34)32-10-4-12(29)17(31)13(30)5-10/h1-5,15-16,33,35H,6-8,23-26H2,(H,32,34)/t15?,16-,19?,20+,22+,38?/m0/s1. The third-order valence-corrected chi connectivity index (χ3v) is 13.2. The Balaban J connectivity index is 1.60. The number of benzene rings is 2. The molecule has 3 unspecified atom stereocenters. The van der Waals surface area contributed by atoms with E-state index in [-0.39, 0.29) is 39.9 Å². The molecule has 196 valence electrons. The predicted octanol–water partition coefficient (Wildman–Crippen LogP) is -0.978. The summed E-state index contributed by atoms with van der Waals surface area (Å²) in [7, 11) is 4.59. The summed E-state index contributed by atoms with van der Waals surface area (Å²) in [5, 5.41) is 23.0. The fourth-order valence-corrected chi connectivity index (χ4v) is 10.8. The molecule has 4 bridgehead atoms. The molecule has 16 heteroatoms. The Hall–Kier alpha value is -1.66. The Bertz CT molecular complexity index is 1470. The number of aliphatic hydroxyl groups is 2. The molecular formula is C22H24B5ClF3NO5S. The predicted molar refractivity (Wildman–Crippen MR) is 150 cm³/mol. The molecular weight excluding hydrogens is 537 g/mol. The number of carbonyl (C=O) groups excluding carboxylic acids is 1. The van der Waals surface area contributed by atoms with E-state index in [2.05, 4.69) is 5.32 Å². The molecule has 1 amide bonds. The van der Waals surface area contributed by atoms with Crippen LogP contribution in [0.4, 0.5) is 18.9 Å². The van der Waals surface area contributed by atoms with E-state index in [1.165, 1.54) is 24.6 Å². The quantitative estimate of drug-likeness (QED) is 0.330. The Labute approximate surface area is 227 Å². The topological polar surface area (TPSA) is 95.9 Å². The van der Waals surface area contributed by atoms with Gasteiger partial charge in [0.15, 0.2) is 0 Å². The zero-order valence-corrected chi connectivity index (χ0v) is 22.9. The SMILES string of the molecule is BC1(B)C2CC(O)(CO)C[C@@H]3[C@@]1(B)OB=S(=O)(c1cc(C(=O)Nc4cc(F)c(F)c(F)c4)ccc1Cl)[C@]23B. The van der Waals surface area contributed by atoms with Crippen molar-refractivity contribution in [3.05, 3.63) is 58.4 Å². The van der Waals surface area contributed by atoms with Crippen LogP contribution in [0.2, 0.25) is 10.2 Å². The molecule has 2 fully saturated rings. The molecule has 0 radical (unpaired) electrons. The van der Waals surface area contributed by atoms with Gasteiger partial charge in [-0.15, -0.1) is 0 Å². The van der Waals surface area contributed by atoms with E-state index in [9.17, 15) is 28.2 Å². The number of amides is 1. The Morgan fingerprint density at radius 1 is 1.13 bits per heavy atom. The number of halogens is 4. The van der Waals surface area contributed by atoms with Gasteiger partial charge in [0.2, 0.25) is 0 Å². The molecule has 3 aliphatic rings. The van der Waals surface area contributed by atoms with E-state index in [0.717, 1.165) is 0 Å². The molecule has 1 aliphatic heterocycles. The van der Waals surface area contributed by atoms with Crippen molar-refractivity contribution >= 4 is 70.3 Å². The first-order chi connectivity index (χ1) is 17.5. The maximum absolute atomic E-state index is 15.1. The first kappa shape index (κ1) is 27.9. The molecule has 6 atom stereocenters. The van der Waals surface area contributed by atoms with Crippen LogP contribution in [0.1, 0.15) is 23.2 Å². The minimum absolute atomic E-state index is 0.0110. The van der Waals surface area contributed by atoms with Gasteiger partial charge in [0.1, 0.15) is 0 Å². The van der Waals surface area contributed by atoms with Crippen molar-refractivity contribution in [3.63, 3.8) is 0 Å². The number of nitrogens with one attached hydrogen (secondary N) is 1. The first-order valence-corrected chi connectivity index (χ1v) is 14.2. The van der Waals surface area contributed by atoms with Crippen LogP contribution < -0.4 is 5.32 Å². The van der Waals surface area contributed by atoms with Crippen molar-refractivity contribution < 1.29 is 37.0 Å². The molecule has 2 saturated carbocycles. The van der Waals surface area contributed by atoms with Gasteiger partial charge in [-0.3, -0.25) is 0 Å². The number of hydrogen-bond donors (Lipinski definition) is 3. The van der Waals surface area contributed by atoms with E-state index in [1.807, 2.05) is 31.4 Å². The molecule has 3 N–H and O–H groups in total. The third-order valence-electron chi connectivity index (χ3n) is 9.51. The van der Waals surface area contributed by atoms with Gasteiger partial charge in [-0.2, -0.15) is 0 Å². The number of aliphatic hydroxyl groups excluding tert-OH is 1. The molecule has 1 heterocycles. The van der Waals surface area contributed by atoms with Crippen molar-refractivity contribution in [1.82, 2.24) is 0 Å². The van der Waals surface area contributed by atoms with Gasteiger partial charge in [-0.05, 0) is 0 Å². The van der Waals surface area contributed by atoms with Crippen molar-refractivity contribution in [2.24, 2.45) is 11.8 Å². The zero-order chi connectivity index (χ0) is 28.1. The Morgan fingerprint density at radius 3 is 2.34 bits per heavy atom. The zero-order valence-electron chi connectivity index (χ0n) is 21.3. The summed E-state index contributed by atoms with van der Waals surface area (Å²) in [6.45, 7) is -0.436. The van der Waals surface area contributed by atoms with E-state index < -0.39 is 66.2 Å². The van der Waals surface area contributed by atoms with Crippen LogP contribution >= 0.6 is 11.6 Å². The molecule has 38 heavy (non-hydrogen) atoms. The normalized spacial score (nSPS) is 36.7. The number of hydrogen-bond acceptors (Lipinski definition) is 5. The second-order valence-corrected chi connectivity index (χ2v) is 14.7. The summed E-state index contributed by atoms with van der Waals surface area (Å²) in [6, 6.07) is 5.46. The van der Waals surface area contributed by atoms with Crippen molar-refractivity contribution in [2.75, 3.05) is 11.9 Å². The van der Waals surface area contributed by atoms with Gasteiger partial charge >= 0.3 is 228 Å². The van der Waals surface area contributed by atoms with Gasteiger partial charge in [-0.25, -0.2) is 0 Å². The third kappa shape index (κ3) is 3.58. The molecule has 5 rings (SSSR count). The van der Waals surface area contributed by atoms with Crippen LogP contribution in [0.15, 0.2) is 35.2 Å². The van der Waals surface area contributed by atoms with Gasteiger partial charge in [0, 0.05) is 0 Å². The van der Waals surface area contributed by atoms with E-state index >= 15 is 4.21 Å². The van der Waals surface area contributed by atoms with Gasteiger partial charge in [-0.1, -0.05) is 0 Å². The second kappa shape index (κ2) is 8.67. The van der Waals surface area contributed by atoms with Crippen molar-refractivity contribution in [2.45, 2.75) is 38.7 Å². The van der Waals surface area contributed by atoms with Crippen molar-refractivity contribution in [3.8, 4) is 0 Å². The van der Waals surface area contributed by atoms with E-state index in [0.29, 0.717) is 12.1 Å². The Morgan fingerprint density at radius 2 is 1.74 bits per heavy atom. The van der Waals surface area contributed by atoms with Crippen LogP contribution in [-0.4, -0.2) is 80.4 Å². The second-order valence-electron chi connectivity index (χ2n) is 11.6. The molecule has 2 aromatic carbocycles. The summed E-state index contributed by atoms with van der Waals surface area (Å²) in [6.07, 6.45) is 1.69. The summed E-state index contributed by atoms with van der Waals surface area (Å²) in [4.78, 5) is 13.2. The molecule has 2 aromatic rings. The molecule has 0 spiro atoms. The average Bonchev–Trinajstić information content (AvgIpc) is 2.90. The maximum atomic E-state index is 15.1. The van der Waals surface area contributed by atoms with Crippen molar-refractivity contribution in [1.29, 1.82) is 0 Å². The Kier molecular flexibility index (Phi) is 6.36. The first-order valence-electron chi connectivity index (χ1n) is 12.2. The van der Waals surface area contributed by atoms with Crippen LogP contribution in [0.3, 0.4) is 0 Å². The minimum atomic E-state index is -3.24. The fourth-order valence-electron chi connectivity index (χ4n) is 7.05. The summed E-state index contributed by atoms with van der Waals surface area (Å²) >= 11 is 6.57. The number of rotatable bonds is 4. The number of anilines is 1. The van der Waals surface area contributed by atoms with Crippen LogP contribution in [0.25, 0.3) is 0 Å². The molecule has 0 aromatic heterocycles. The number of carbonyl (C=O) groups is 1. The van der Waals surface area contributed by atoms with Crippen LogP contribution in [0.5, 0.6) is 0 Å². The monoisotopic (exact) mass is 561 g/mol. The molecule has 0 saturated heterocycles. The molecule has 6 nitrogen and oxygen atoms in total. The van der Waals surface area contributed by atoms with Gasteiger partial charge < -0.3 is 0 Å². The average molecular weight is 561 g/mol. The van der Waals surface area contributed by atoms with Gasteiger partial charge in [0.25, 0.3) is 0 Å². The van der Waals surface area contributed by atoms with Crippen LogP contribution in [0, 0.1) is 29.3 Å². The fraction of sp³-hybridized carbons (Fsp3) is 0.409. The summed E-state index contributed by atoms with van der Waals surface area (Å²) < 4.78 is 61.0. The van der Waals surface area contributed by atoms with E-state index in [1.54, 1.807) is 0 Å². The van der Waals surface area contributed by atoms with E-state index in [4.69, 9.17) is 16.3 Å². The summed E-state index contributed by atoms with van der Waals surface area (Å²) in [5.74, 6) is -6.10. The van der Waals surface area contributed by atoms with Crippen LogP contribution in [-0.2, 0) is 14.0 Å². The molecule has 2 aliphatic carbocycles. The summed E-state index contributed by atoms with van der Waals surface area (Å²) in [5.41, 5.74) is -2.42.